The van der Waals surface area contributed by atoms with Crippen molar-refractivity contribution in [2.45, 2.75) is 13.8 Å². The highest BCUT2D eigenvalue weighted by Gasteiger charge is 2.11. The third-order valence-electron chi connectivity index (χ3n) is 3.80. The van der Waals surface area contributed by atoms with Crippen molar-refractivity contribution in [3.63, 3.8) is 0 Å². The van der Waals surface area contributed by atoms with E-state index in [1.54, 1.807) is 11.0 Å². The molecule has 0 saturated carbocycles. The Morgan fingerprint density at radius 2 is 1.62 bits per heavy atom. The molecule has 8 nitrogen and oxygen atoms in total. The number of nitrogens with zero attached hydrogens (tertiary/aromatic N) is 1. The fraction of sp³-hybridized carbons (Fsp3) is 0.278. The first kappa shape index (κ1) is 19.0. The van der Waals surface area contributed by atoms with Crippen LogP contribution in [-0.2, 0) is 4.79 Å². The molecule has 0 bridgehead atoms. The van der Waals surface area contributed by atoms with Gasteiger partial charge in [-0.1, -0.05) is 36.4 Å². The molecule has 2 aromatic rings. The molecular weight excluding hydrogens is 334 g/mol. The SMILES string of the molecule is CCN(CC)C(=O)NCC(=O)NNC(=O)Nc1cccc2ccccc12. The topological polar surface area (TPSA) is 103 Å². The molecule has 5 amide bonds. The third-order valence-corrected chi connectivity index (χ3v) is 3.80. The second kappa shape index (κ2) is 9.26. The second-order valence-corrected chi connectivity index (χ2v) is 5.49. The Morgan fingerprint density at radius 1 is 0.923 bits per heavy atom. The Morgan fingerprint density at radius 3 is 2.35 bits per heavy atom. The van der Waals surface area contributed by atoms with Crippen LogP contribution in [0.15, 0.2) is 42.5 Å². The number of rotatable bonds is 5. The van der Waals surface area contributed by atoms with Gasteiger partial charge in [-0.2, -0.15) is 0 Å². The molecule has 138 valence electrons. The number of hydrazine groups is 1. The lowest BCUT2D eigenvalue weighted by molar-refractivity contribution is -0.120. The third kappa shape index (κ3) is 5.10. The molecule has 0 fully saturated rings. The zero-order valence-corrected chi connectivity index (χ0v) is 14.8. The highest BCUT2D eigenvalue weighted by atomic mass is 16.2. The van der Waals surface area contributed by atoms with Gasteiger partial charge in [0.1, 0.15) is 6.54 Å². The number of nitrogens with one attached hydrogen (secondary N) is 4. The summed E-state index contributed by atoms with van der Waals surface area (Å²) >= 11 is 0. The average molecular weight is 357 g/mol. The molecule has 0 aliphatic heterocycles. The van der Waals surface area contributed by atoms with E-state index in [1.807, 2.05) is 50.2 Å². The first-order chi connectivity index (χ1) is 12.5. The van der Waals surface area contributed by atoms with Crippen LogP contribution in [0.1, 0.15) is 13.8 Å². The van der Waals surface area contributed by atoms with Gasteiger partial charge in [0.25, 0.3) is 5.91 Å². The van der Waals surface area contributed by atoms with E-state index < -0.39 is 11.9 Å². The van der Waals surface area contributed by atoms with Crippen LogP contribution in [0.3, 0.4) is 0 Å². The van der Waals surface area contributed by atoms with Crippen molar-refractivity contribution >= 4 is 34.4 Å². The van der Waals surface area contributed by atoms with Crippen LogP contribution < -0.4 is 21.5 Å². The predicted molar refractivity (Wildman–Crippen MR) is 101 cm³/mol. The first-order valence-corrected chi connectivity index (χ1v) is 8.41. The van der Waals surface area contributed by atoms with Gasteiger partial charge < -0.3 is 15.5 Å². The highest BCUT2D eigenvalue weighted by molar-refractivity contribution is 6.01. The molecule has 2 aromatic carbocycles. The number of carbonyl (C=O) groups is 3. The van der Waals surface area contributed by atoms with Crippen molar-refractivity contribution in [2.24, 2.45) is 0 Å². The molecule has 0 aliphatic rings. The Bertz CT molecular complexity index is 784. The Kier molecular flexibility index (Phi) is 6.78. The number of hydrogen-bond donors (Lipinski definition) is 4. The number of amides is 5. The summed E-state index contributed by atoms with van der Waals surface area (Å²) in [5, 5.41) is 7.05. The van der Waals surface area contributed by atoms with Gasteiger partial charge in [-0.05, 0) is 25.3 Å². The fourth-order valence-electron chi connectivity index (χ4n) is 2.44. The number of urea groups is 2. The summed E-state index contributed by atoms with van der Waals surface area (Å²) < 4.78 is 0. The molecule has 0 aliphatic carbocycles. The number of hydrogen-bond acceptors (Lipinski definition) is 3. The van der Waals surface area contributed by atoms with Crippen LogP contribution >= 0.6 is 0 Å². The van der Waals surface area contributed by atoms with Crippen LogP contribution in [-0.4, -0.2) is 42.5 Å². The van der Waals surface area contributed by atoms with Crippen molar-refractivity contribution in [1.29, 1.82) is 0 Å². The van der Waals surface area contributed by atoms with E-state index in [1.165, 1.54) is 0 Å². The van der Waals surface area contributed by atoms with Crippen molar-refractivity contribution in [2.75, 3.05) is 25.0 Å². The first-order valence-electron chi connectivity index (χ1n) is 8.41. The van der Waals surface area contributed by atoms with Crippen molar-refractivity contribution in [3.05, 3.63) is 42.5 Å². The van der Waals surface area contributed by atoms with Crippen molar-refractivity contribution in [3.8, 4) is 0 Å². The normalized spacial score (nSPS) is 10.1. The Hall–Kier alpha value is -3.29. The van der Waals surface area contributed by atoms with Gasteiger partial charge in [0.05, 0.1) is 5.69 Å². The van der Waals surface area contributed by atoms with E-state index in [0.717, 1.165) is 10.8 Å². The molecule has 0 aromatic heterocycles. The van der Waals surface area contributed by atoms with Gasteiger partial charge in [-0.3, -0.25) is 10.2 Å². The molecule has 0 atom stereocenters. The Balaban J connectivity index is 1.81. The number of carbonyl (C=O) groups excluding carboxylic acids is 3. The molecule has 8 heteroatoms. The summed E-state index contributed by atoms with van der Waals surface area (Å²) in [6.45, 7) is 4.57. The maximum atomic E-state index is 12.0. The van der Waals surface area contributed by atoms with Crippen molar-refractivity contribution < 1.29 is 14.4 Å². The zero-order valence-electron chi connectivity index (χ0n) is 14.8. The highest BCUT2D eigenvalue weighted by Crippen LogP contribution is 2.22. The summed E-state index contributed by atoms with van der Waals surface area (Å²) in [5.41, 5.74) is 5.14. The molecule has 0 radical (unpaired) electrons. The minimum absolute atomic E-state index is 0.232. The summed E-state index contributed by atoms with van der Waals surface area (Å²) in [5.74, 6) is -0.529. The maximum absolute atomic E-state index is 12.0. The summed E-state index contributed by atoms with van der Waals surface area (Å²) in [6.07, 6.45) is 0. The van der Waals surface area contributed by atoms with E-state index in [9.17, 15) is 14.4 Å². The Labute approximate surface area is 151 Å². The smallest absolute Gasteiger partial charge is 0.329 e. The van der Waals surface area contributed by atoms with Gasteiger partial charge >= 0.3 is 12.1 Å². The quantitative estimate of drug-likeness (QED) is 0.616. The lowest BCUT2D eigenvalue weighted by Crippen LogP contribution is -2.49. The maximum Gasteiger partial charge on any atom is 0.337 e. The summed E-state index contributed by atoms with van der Waals surface area (Å²) in [7, 11) is 0. The van der Waals surface area contributed by atoms with Gasteiger partial charge in [0, 0.05) is 18.5 Å². The van der Waals surface area contributed by atoms with Crippen LogP contribution in [0.5, 0.6) is 0 Å². The molecule has 2 rings (SSSR count). The van der Waals surface area contributed by atoms with Gasteiger partial charge in [-0.25, -0.2) is 15.0 Å². The van der Waals surface area contributed by atoms with Crippen LogP contribution in [0.4, 0.5) is 15.3 Å². The lowest BCUT2D eigenvalue weighted by Gasteiger charge is -2.19. The number of benzene rings is 2. The molecular formula is C18H23N5O3. The molecule has 0 spiro atoms. The van der Waals surface area contributed by atoms with E-state index in [2.05, 4.69) is 21.5 Å². The molecule has 0 saturated heterocycles. The fourth-order valence-corrected chi connectivity index (χ4v) is 2.44. The van der Waals surface area contributed by atoms with Gasteiger partial charge in [-0.15, -0.1) is 0 Å². The monoisotopic (exact) mass is 357 g/mol. The zero-order chi connectivity index (χ0) is 18.9. The van der Waals surface area contributed by atoms with Crippen LogP contribution in [0.2, 0.25) is 0 Å². The van der Waals surface area contributed by atoms with Crippen molar-refractivity contribution in [1.82, 2.24) is 21.1 Å². The van der Waals surface area contributed by atoms with E-state index in [-0.39, 0.29) is 12.6 Å². The van der Waals surface area contributed by atoms with Crippen LogP contribution in [0.25, 0.3) is 10.8 Å². The second-order valence-electron chi connectivity index (χ2n) is 5.49. The standard InChI is InChI=1S/C18H23N5O3/c1-3-23(4-2)18(26)19-12-16(24)21-22-17(25)20-15-11-7-9-13-8-5-6-10-14(13)15/h5-11H,3-4,12H2,1-2H3,(H,19,26)(H,21,24)(H2,20,22,25). The summed E-state index contributed by atoms with van der Waals surface area (Å²) in [4.78, 5) is 37.0. The summed E-state index contributed by atoms with van der Waals surface area (Å²) in [6, 6.07) is 12.3. The lowest BCUT2D eigenvalue weighted by atomic mass is 10.1. The van der Waals surface area contributed by atoms with Gasteiger partial charge in [0.2, 0.25) is 0 Å². The largest absolute Gasteiger partial charge is 0.337 e. The minimum atomic E-state index is -0.579. The number of fused-ring (bicyclic) bond motifs is 1. The van der Waals surface area contributed by atoms with Gasteiger partial charge in [0.15, 0.2) is 0 Å². The average Bonchev–Trinajstić information content (AvgIpc) is 2.66. The number of anilines is 1. The van der Waals surface area contributed by atoms with E-state index in [4.69, 9.17) is 0 Å². The molecule has 0 heterocycles. The molecule has 0 unspecified atom stereocenters. The van der Waals surface area contributed by atoms with E-state index in [0.29, 0.717) is 18.8 Å². The van der Waals surface area contributed by atoms with E-state index >= 15 is 0 Å². The minimum Gasteiger partial charge on any atom is -0.329 e. The van der Waals surface area contributed by atoms with Crippen LogP contribution in [0, 0.1) is 0 Å². The molecule has 26 heavy (non-hydrogen) atoms. The molecule has 4 N–H and O–H groups in total. The predicted octanol–water partition coefficient (Wildman–Crippen LogP) is 2.04.